The molecule has 0 saturated carbocycles. The zero-order chi connectivity index (χ0) is 19.8. The fraction of sp³-hybridized carbons (Fsp3) is 0.478. The molecule has 1 atom stereocenters. The SMILES string of the molecule is Cc1ccc(CN2CCN(Cc3cccc(OCCO)c3)C[C@H]2CCO)cc1. The van der Waals surface area contributed by atoms with Gasteiger partial charge in [0.2, 0.25) is 0 Å². The number of aliphatic hydroxyl groups is 2. The number of benzene rings is 2. The number of aliphatic hydroxyl groups excluding tert-OH is 2. The Morgan fingerprint density at radius 2 is 1.79 bits per heavy atom. The van der Waals surface area contributed by atoms with E-state index in [-0.39, 0.29) is 13.2 Å². The summed E-state index contributed by atoms with van der Waals surface area (Å²) in [6, 6.07) is 17.2. The predicted octanol–water partition coefficient (Wildman–Crippen LogP) is 2.43. The van der Waals surface area contributed by atoms with E-state index in [0.717, 1.165) is 44.9 Å². The van der Waals surface area contributed by atoms with E-state index in [2.05, 4.69) is 53.1 Å². The van der Waals surface area contributed by atoms with E-state index in [1.165, 1.54) is 16.7 Å². The van der Waals surface area contributed by atoms with Crippen molar-refractivity contribution in [2.75, 3.05) is 39.5 Å². The minimum Gasteiger partial charge on any atom is -0.491 e. The highest BCUT2D eigenvalue weighted by Crippen LogP contribution is 2.20. The fourth-order valence-corrected chi connectivity index (χ4v) is 3.82. The molecule has 2 aromatic carbocycles. The van der Waals surface area contributed by atoms with Crippen molar-refractivity contribution < 1.29 is 14.9 Å². The van der Waals surface area contributed by atoms with E-state index in [1.807, 2.05) is 12.1 Å². The van der Waals surface area contributed by atoms with E-state index < -0.39 is 0 Å². The van der Waals surface area contributed by atoms with Gasteiger partial charge >= 0.3 is 0 Å². The molecule has 1 fully saturated rings. The van der Waals surface area contributed by atoms with Crippen LogP contribution in [0.1, 0.15) is 23.1 Å². The normalized spacial score (nSPS) is 18.3. The lowest BCUT2D eigenvalue weighted by Gasteiger charge is -2.41. The first kappa shape index (κ1) is 20.8. The number of aryl methyl sites for hydroxylation is 1. The van der Waals surface area contributed by atoms with Gasteiger partial charge < -0.3 is 14.9 Å². The van der Waals surface area contributed by atoms with Crippen LogP contribution >= 0.6 is 0 Å². The Bertz CT molecular complexity index is 720. The molecule has 0 bridgehead atoms. The van der Waals surface area contributed by atoms with Crippen LogP contribution in [0.25, 0.3) is 0 Å². The zero-order valence-corrected chi connectivity index (χ0v) is 16.8. The second-order valence-electron chi connectivity index (χ2n) is 7.58. The molecule has 5 nitrogen and oxygen atoms in total. The Kier molecular flexibility index (Phi) is 7.86. The van der Waals surface area contributed by atoms with Crippen molar-refractivity contribution in [1.29, 1.82) is 0 Å². The molecule has 2 N–H and O–H groups in total. The lowest BCUT2D eigenvalue weighted by molar-refractivity contribution is 0.0499. The minimum atomic E-state index is 0.0238. The van der Waals surface area contributed by atoms with Crippen LogP contribution in [0, 0.1) is 6.92 Å². The summed E-state index contributed by atoms with van der Waals surface area (Å²) in [4.78, 5) is 4.95. The molecule has 28 heavy (non-hydrogen) atoms. The Balaban J connectivity index is 1.59. The highest BCUT2D eigenvalue weighted by atomic mass is 16.5. The first-order valence-electron chi connectivity index (χ1n) is 10.1. The van der Waals surface area contributed by atoms with E-state index in [4.69, 9.17) is 9.84 Å². The maximum absolute atomic E-state index is 9.55. The predicted molar refractivity (Wildman–Crippen MR) is 111 cm³/mol. The van der Waals surface area contributed by atoms with Gasteiger partial charge in [-0.3, -0.25) is 9.80 Å². The lowest BCUT2D eigenvalue weighted by Crippen LogP contribution is -2.52. The third-order valence-corrected chi connectivity index (χ3v) is 5.32. The summed E-state index contributed by atoms with van der Waals surface area (Å²) >= 11 is 0. The molecule has 0 aliphatic carbocycles. The average Bonchev–Trinajstić information content (AvgIpc) is 2.70. The molecule has 5 heteroatoms. The maximum Gasteiger partial charge on any atom is 0.119 e. The molecular weight excluding hydrogens is 352 g/mol. The Labute approximate surface area is 168 Å². The molecule has 1 heterocycles. The molecule has 1 saturated heterocycles. The second kappa shape index (κ2) is 10.6. The van der Waals surface area contributed by atoms with Crippen molar-refractivity contribution >= 4 is 0 Å². The van der Waals surface area contributed by atoms with Gasteiger partial charge in [-0.1, -0.05) is 42.0 Å². The van der Waals surface area contributed by atoms with Gasteiger partial charge in [-0.25, -0.2) is 0 Å². The third-order valence-electron chi connectivity index (χ3n) is 5.32. The number of hydrogen-bond acceptors (Lipinski definition) is 5. The molecule has 0 aromatic heterocycles. The van der Waals surface area contributed by atoms with Crippen LogP contribution in [0.5, 0.6) is 5.75 Å². The summed E-state index contributed by atoms with van der Waals surface area (Å²) in [7, 11) is 0. The minimum absolute atomic E-state index is 0.0238. The number of hydrogen-bond donors (Lipinski definition) is 2. The van der Waals surface area contributed by atoms with Crippen LogP contribution in [-0.2, 0) is 13.1 Å². The molecule has 152 valence electrons. The average molecular weight is 385 g/mol. The highest BCUT2D eigenvalue weighted by molar-refractivity contribution is 5.28. The Morgan fingerprint density at radius 1 is 0.964 bits per heavy atom. The molecule has 2 aromatic rings. The lowest BCUT2D eigenvalue weighted by atomic mass is 10.1. The van der Waals surface area contributed by atoms with Crippen molar-refractivity contribution in [2.24, 2.45) is 0 Å². The monoisotopic (exact) mass is 384 g/mol. The first-order valence-corrected chi connectivity index (χ1v) is 10.1. The highest BCUT2D eigenvalue weighted by Gasteiger charge is 2.26. The van der Waals surface area contributed by atoms with Gasteiger partial charge in [-0.05, 0) is 36.6 Å². The molecule has 1 aliphatic heterocycles. The largest absolute Gasteiger partial charge is 0.491 e. The molecule has 0 radical (unpaired) electrons. The van der Waals surface area contributed by atoms with E-state index in [9.17, 15) is 5.11 Å². The van der Waals surface area contributed by atoms with E-state index >= 15 is 0 Å². The molecule has 3 rings (SSSR count). The number of ether oxygens (including phenoxy) is 1. The van der Waals surface area contributed by atoms with Gasteiger partial charge in [-0.15, -0.1) is 0 Å². The Morgan fingerprint density at radius 3 is 2.54 bits per heavy atom. The third kappa shape index (κ3) is 6.04. The van der Waals surface area contributed by atoms with Crippen molar-refractivity contribution in [3.8, 4) is 5.75 Å². The number of rotatable bonds is 9. The van der Waals surface area contributed by atoms with Crippen molar-refractivity contribution in [3.05, 3.63) is 65.2 Å². The van der Waals surface area contributed by atoms with Gasteiger partial charge in [0.15, 0.2) is 0 Å². The quantitative estimate of drug-likeness (QED) is 0.696. The van der Waals surface area contributed by atoms with Crippen LogP contribution in [0.15, 0.2) is 48.5 Å². The van der Waals surface area contributed by atoms with Crippen molar-refractivity contribution in [3.63, 3.8) is 0 Å². The summed E-state index contributed by atoms with van der Waals surface area (Å²) in [5.41, 5.74) is 3.83. The van der Waals surface area contributed by atoms with Crippen LogP contribution in [0.3, 0.4) is 0 Å². The number of piperazine rings is 1. The van der Waals surface area contributed by atoms with Crippen LogP contribution in [-0.4, -0.2) is 65.5 Å². The molecule has 1 aliphatic rings. The number of nitrogens with zero attached hydrogens (tertiary/aromatic N) is 2. The summed E-state index contributed by atoms with van der Waals surface area (Å²) in [5.74, 6) is 0.802. The molecular formula is C23H32N2O3. The summed E-state index contributed by atoms with van der Waals surface area (Å²) in [6.07, 6.45) is 0.794. The fourth-order valence-electron chi connectivity index (χ4n) is 3.82. The van der Waals surface area contributed by atoms with Gasteiger partial charge in [0.25, 0.3) is 0 Å². The Hall–Kier alpha value is -1.92. The van der Waals surface area contributed by atoms with E-state index in [0.29, 0.717) is 12.6 Å². The second-order valence-corrected chi connectivity index (χ2v) is 7.58. The summed E-state index contributed by atoms with van der Waals surface area (Å²) < 4.78 is 5.53. The topological polar surface area (TPSA) is 56.2 Å². The van der Waals surface area contributed by atoms with Gasteiger partial charge in [0.1, 0.15) is 12.4 Å². The van der Waals surface area contributed by atoms with Crippen LogP contribution in [0.2, 0.25) is 0 Å². The first-order chi connectivity index (χ1) is 13.7. The van der Waals surface area contributed by atoms with Crippen molar-refractivity contribution in [1.82, 2.24) is 9.80 Å². The van der Waals surface area contributed by atoms with Crippen LogP contribution < -0.4 is 4.74 Å². The smallest absolute Gasteiger partial charge is 0.119 e. The standard InChI is InChI=1S/C23H32N2O3/c1-19-5-7-20(8-6-19)17-25-11-10-24(18-22(25)9-12-26)16-21-3-2-4-23(15-21)28-14-13-27/h2-8,15,22,26-27H,9-14,16-18H2,1H3/t22-/m1/s1. The summed E-state index contributed by atoms with van der Waals surface area (Å²) in [5, 5.41) is 18.5. The molecule has 0 spiro atoms. The van der Waals surface area contributed by atoms with Gasteiger partial charge in [0.05, 0.1) is 6.61 Å². The summed E-state index contributed by atoms with van der Waals surface area (Å²) in [6.45, 7) is 7.44. The van der Waals surface area contributed by atoms with Gasteiger partial charge in [0, 0.05) is 45.4 Å². The zero-order valence-electron chi connectivity index (χ0n) is 16.8. The van der Waals surface area contributed by atoms with Crippen molar-refractivity contribution in [2.45, 2.75) is 32.5 Å². The van der Waals surface area contributed by atoms with Gasteiger partial charge in [-0.2, -0.15) is 0 Å². The maximum atomic E-state index is 9.55. The molecule has 0 amide bonds. The van der Waals surface area contributed by atoms with E-state index in [1.54, 1.807) is 0 Å². The molecule has 0 unspecified atom stereocenters. The van der Waals surface area contributed by atoms with Crippen LogP contribution in [0.4, 0.5) is 0 Å².